The van der Waals surface area contributed by atoms with E-state index in [0.29, 0.717) is 11.4 Å². The van der Waals surface area contributed by atoms with Gasteiger partial charge in [-0.1, -0.05) is 60.2 Å². The summed E-state index contributed by atoms with van der Waals surface area (Å²) in [6, 6.07) is 16.3. The lowest BCUT2D eigenvalue weighted by molar-refractivity contribution is -0.167. The Morgan fingerprint density at radius 1 is 1.07 bits per heavy atom. The standard InChI is InChI=1S/C19H18N4O4/c1-13-8-10-15(11-9-13)18-20-22-23(21-18)12-16(24)27-17(19(25)26-2)14-6-4-3-5-7-14/h3-11,17H,12H2,1-2H3. The molecule has 2 aromatic carbocycles. The van der Waals surface area contributed by atoms with Gasteiger partial charge in [-0.3, -0.25) is 0 Å². The molecule has 3 rings (SSSR count). The smallest absolute Gasteiger partial charge is 0.351 e. The lowest BCUT2D eigenvalue weighted by Gasteiger charge is -2.15. The van der Waals surface area contributed by atoms with Crippen LogP contribution in [0.4, 0.5) is 0 Å². The van der Waals surface area contributed by atoms with E-state index in [1.165, 1.54) is 7.11 Å². The van der Waals surface area contributed by atoms with Gasteiger partial charge in [-0.15, -0.1) is 10.2 Å². The topological polar surface area (TPSA) is 96.2 Å². The van der Waals surface area contributed by atoms with Crippen LogP contribution in [0.5, 0.6) is 0 Å². The molecule has 27 heavy (non-hydrogen) atoms. The maximum absolute atomic E-state index is 12.2. The number of hydrogen-bond donors (Lipinski definition) is 0. The Balaban J connectivity index is 1.69. The molecule has 0 aliphatic heterocycles. The predicted octanol–water partition coefficient (Wildman–Crippen LogP) is 2.11. The Morgan fingerprint density at radius 2 is 1.78 bits per heavy atom. The van der Waals surface area contributed by atoms with Crippen molar-refractivity contribution in [3.8, 4) is 11.4 Å². The summed E-state index contributed by atoms with van der Waals surface area (Å²) >= 11 is 0. The number of carbonyl (C=O) groups excluding carboxylic acids is 2. The van der Waals surface area contributed by atoms with Crippen molar-refractivity contribution in [1.29, 1.82) is 0 Å². The lowest BCUT2D eigenvalue weighted by Crippen LogP contribution is -2.24. The molecule has 3 aromatic rings. The highest BCUT2D eigenvalue weighted by Crippen LogP contribution is 2.19. The van der Waals surface area contributed by atoms with Crippen LogP contribution in [0.15, 0.2) is 54.6 Å². The monoisotopic (exact) mass is 366 g/mol. The first kappa shape index (κ1) is 18.2. The minimum absolute atomic E-state index is 0.279. The van der Waals surface area contributed by atoms with Gasteiger partial charge in [0.05, 0.1) is 7.11 Å². The van der Waals surface area contributed by atoms with Crippen LogP contribution in [-0.4, -0.2) is 39.3 Å². The first-order valence-corrected chi connectivity index (χ1v) is 8.24. The second-order valence-electron chi connectivity index (χ2n) is 5.81. The zero-order valence-corrected chi connectivity index (χ0v) is 14.9. The minimum atomic E-state index is -1.15. The van der Waals surface area contributed by atoms with Crippen LogP contribution in [0.25, 0.3) is 11.4 Å². The zero-order valence-electron chi connectivity index (χ0n) is 14.9. The van der Waals surface area contributed by atoms with E-state index in [4.69, 9.17) is 9.47 Å². The average molecular weight is 366 g/mol. The van der Waals surface area contributed by atoms with Gasteiger partial charge < -0.3 is 9.47 Å². The number of rotatable bonds is 6. The molecular formula is C19H18N4O4. The number of carbonyl (C=O) groups is 2. The second kappa shape index (κ2) is 8.22. The van der Waals surface area contributed by atoms with E-state index in [2.05, 4.69) is 15.4 Å². The molecule has 0 aliphatic rings. The summed E-state index contributed by atoms with van der Waals surface area (Å²) in [6.45, 7) is 1.70. The van der Waals surface area contributed by atoms with E-state index < -0.39 is 18.0 Å². The lowest BCUT2D eigenvalue weighted by atomic mass is 10.1. The number of methoxy groups -OCH3 is 1. The summed E-state index contributed by atoms with van der Waals surface area (Å²) in [5, 5.41) is 12.0. The van der Waals surface area contributed by atoms with Crippen molar-refractivity contribution < 1.29 is 19.1 Å². The first-order chi connectivity index (χ1) is 13.1. The van der Waals surface area contributed by atoms with Gasteiger partial charge in [0.2, 0.25) is 11.9 Å². The molecule has 0 radical (unpaired) electrons. The van der Waals surface area contributed by atoms with E-state index in [0.717, 1.165) is 15.9 Å². The third-order valence-electron chi connectivity index (χ3n) is 3.80. The Morgan fingerprint density at radius 3 is 2.44 bits per heavy atom. The molecule has 1 aromatic heterocycles. The summed E-state index contributed by atoms with van der Waals surface area (Å²) in [6.07, 6.45) is -1.15. The van der Waals surface area contributed by atoms with Crippen LogP contribution < -0.4 is 0 Å². The summed E-state index contributed by atoms with van der Waals surface area (Å²) in [4.78, 5) is 25.3. The second-order valence-corrected chi connectivity index (χ2v) is 5.81. The number of tetrazole rings is 1. The average Bonchev–Trinajstić information content (AvgIpc) is 3.15. The van der Waals surface area contributed by atoms with Gasteiger partial charge in [-0.05, 0) is 12.1 Å². The van der Waals surface area contributed by atoms with Crippen molar-refractivity contribution in [3.63, 3.8) is 0 Å². The van der Waals surface area contributed by atoms with E-state index in [1.807, 2.05) is 31.2 Å². The normalized spacial score (nSPS) is 11.6. The van der Waals surface area contributed by atoms with Crippen molar-refractivity contribution in [1.82, 2.24) is 20.2 Å². The largest absolute Gasteiger partial charge is 0.466 e. The van der Waals surface area contributed by atoms with Crippen molar-refractivity contribution in [2.75, 3.05) is 7.11 Å². The van der Waals surface area contributed by atoms with Crippen LogP contribution in [0.3, 0.4) is 0 Å². The molecule has 138 valence electrons. The molecule has 1 heterocycles. The Hall–Kier alpha value is -3.55. The highest BCUT2D eigenvalue weighted by atomic mass is 16.6. The number of ether oxygens (including phenoxy) is 2. The fourth-order valence-electron chi connectivity index (χ4n) is 2.40. The van der Waals surface area contributed by atoms with Crippen LogP contribution in [-0.2, 0) is 25.6 Å². The van der Waals surface area contributed by atoms with Crippen molar-refractivity contribution in [3.05, 3.63) is 65.7 Å². The fraction of sp³-hybridized carbons (Fsp3) is 0.211. The van der Waals surface area contributed by atoms with Gasteiger partial charge in [0, 0.05) is 11.1 Å². The molecule has 0 bridgehead atoms. The molecule has 8 nitrogen and oxygen atoms in total. The highest BCUT2D eigenvalue weighted by molar-refractivity contribution is 5.80. The molecule has 0 saturated heterocycles. The van der Waals surface area contributed by atoms with Crippen molar-refractivity contribution >= 4 is 11.9 Å². The highest BCUT2D eigenvalue weighted by Gasteiger charge is 2.26. The Kier molecular flexibility index (Phi) is 5.55. The van der Waals surface area contributed by atoms with Gasteiger partial charge >= 0.3 is 11.9 Å². The molecule has 8 heteroatoms. The van der Waals surface area contributed by atoms with Gasteiger partial charge in [-0.2, -0.15) is 4.80 Å². The van der Waals surface area contributed by atoms with Gasteiger partial charge in [-0.25, -0.2) is 9.59 Å². The molecule has 0 N–H and O–H groups in total. The molecule has 0 spiro atoms. The van der Waals surface area contributed by atoms with E-state index >= 15 is 0 Å². The van der Waals surface area contributed by atoms with E-state index in [9.17, 15) is 9.59 Å². The Labute approximate surface area is 155 Å². The van der Waals surface area contributed by atoms with Crippen LogP contribution in [0.1, 0.15) is 17.2 Å². The SMILES string of the molecule is COC(=O)C(OC(=O)Cn1nnc(-c2ccc(C)cc2)n1)c1ccccc1. The van der Waals surface area contributed by atoms with Crippen molar-refractivity contribution in [2.45, 2.75) is 19.6 Å². The van der Waals surface area contributed by atoms with Gasteiger partial charge in [0.25, 0.3) is 0 Å². The minimum Gasteiger partial charge on any atom is -0.466 e. The van der Waals surface area contributed by atoms with E-state index in [1.54, 1.807) is 30.3 Å². The maximum atomic E-state index is 12.2. The van der Waals surface area contributed by atoms with Crippen LogP contribution in [0.2, 0.25) is 0 Å². The third kappa shape index (κ3) is 4.55. The number of benzene rings is 2. The van der Waals surface area contributed by atoms with Crippen LogP contribution in [0, 0.1) is 6.92 Å². The summed E-state index contributed by atoms with van der Waals surface area (Å²) in [5.41, 5.74) is 2.42. The number of aromatic nitrogens is 4. The molecule has 0 amide bonds. The van der Waals surface area contributed by atoms with Gasteiger partial charge in [0.15, 0.2) is 6.54 Å². The zero-order chi connectivity index (χ0) is 19.2. The first-order valence-electron chi connectivity index (χ1n) is 8.24. The van der Waals surface area contributed by atoms with Crippen LogP contribution >= 0.6 is 0 Å². The fourth-order valence-corrected chi connectivity index (χ4v) is 2.40. The number of aryl methyl sites for hydroxylation is 1. The summed E-state index contributed by atoms with van der Waals surface area (Å²) in [7, 11) is 1.24. The summed E-state index contributed by atoms with van der Waals surface area (Å²) < 4.78 is 10.0. The number of hydrogen-bond acceptors (Lipinski definition) is 7. The van der Waals surface area contributed by atoms with E-state index in [-0.39, 0.29) is 6.54 Å². The molecule has 1 unspecified atom stereocenters. The quantitative estimate of drug-likeness (QED) is 0.616. The molecule has 0 saturated carbocycles. The predicted molar refractivity (Wildman–Crippen MR) is 95.3 cm³/mol. The number of nitrogens with zero attached hydrogens (tertiary/aromatic N) is 4. The Bertz CT molecular complexity index is 922. The maximum Gasteiger partial charge on any atom is 0.351 e. The number of esters is 2. The van der Waals surface area contributed by atoms with Crippen molar-refractivity contribution in [2.24, 2.45) is 0 Å². The third-order valence-corrected chi connectivity index (χ3v) is 3.80. The van der Waals surface area contributed by atoms with Gasteiger partial charge in [0.1, 0.15) is 0 Å². The molecule has 1 atom stereocenters. The molecule has 0 aliphatic carbocycles. The molecule has 0 fully saturated rings. The molecular weight excluding hydrogens is 348 g/mol. The summed E-state index contributed by atoms with van der Waals surface area (Å²) in [5.74, 6) is -0.945.